The zero-order valence-corrected chi connectivity index (χ0v) is 10.6. The number of nitrogens with zero attached hydrogens (tertiary/aromatic N) is 2. The fourth-order valence-corrected chi connectivity index (χ4v) is 1.63. The topological polar surface area (TPSA) is 58.4 Å². The minimum atomic E-state index is -0.347. The summed E-state index contributed by atoms with van der Waals surface area (Å²) in [5.74, 6) is 0. The summed E-state index contributed by atoms with van der Waals surface area (Å²) in [5, 5.41) is 14.0. The average Bonchev–Trinajstić information content (AvgIpc) is 2.25. The molecule has 0 unspecified atom stereocenters. The molecule has 0 amide bonds. The molecule has 0 saturated heterocycles. The van der Waals surface area contributed by atoms with Crippen LogP contribution in [0.1, 0.15) is 12.0 Å². The number of hydrogen-bond donors (Lipinski definition) is 1. The summed E-state index contributed by atoms with van der Waals surface area (Å²) in [7, 11) is 4.05. The molecule has 94 valence electrons. The quantitative estimate of drug-likeness (QED) is 0.468. The van der Waals surface area contributed by atoms with Gasteiger partial charge < -0.3 is 10.2 Å². The number of benzene rings is 1. The van der Waals surface area contributed by atoms with E-state index in [1.54, 1.807) is 13.0 Å². The van der Waals surface area contributed by atoms with Gasteiger partial charge in [0.1, 0.15) is 0 Å². The normalized spacial score (nSPS) is 10.6. The van der Waals surface area contributed by atoms with Crippen LogP contribution in [-0.4, -0.2) is 37.0 Å². The maximum absolute atomic E-state index is 10.8. The van der Waals surface area contributed by atoms with Crippen LogP contribution in [-0.2, 0) is 0 Å². The molecule has 0 radical (unpaired) electrons. The predicted octanol–water partition coefficient (Wildman–Crippen LogP) is 2.27. The van der Waals surface area contributed by atoms with Crippen LogP contribution in [0.4, 0.5) is 11.4 Å². The molecule has 0 bridgehead atoms. The van der Waals surface area contributed by atoms with Crippen LogP contribution in [0.25, 0.3) is 0 Å². The summed E-state index contributed by atoms with van der Waals surface area (Å²) in [6, 6.07) is 5.11. The van der Waals surface area contributed by atoms with E-state index in [2.05, 4.69) is 10.2 Å². The van der Waals surface area contributed by atoms with Crippen LogP contribution in [0.2, 0.25) is 0 Å². The molecular weight excluding hydrogens is 218 g/mol. The van der Waals surface area contributed by atoms with Crippen molar-refractivity contribution in [3.05, 3.63) is 33.9 Å². The first-order valence-electron chi connectivity index (χ1n) is 5.65. The van der Waals surface area contributed by atoms with Crippen molar-refractivity contribution in [2.45, 2.75) is 13.3 Å². The van der Waals surface area contributed by atoms with E-state index < -0.39 is 0 Å². The van der Waals surface area contributed by atoms with Crippen molar-refractivity contribution >= 4 is 11.4 Å². The Morgan fingerprint density at radius 2 is 2.12 bits per heavy atom. The molecule has 0 spiro atoms. The molecule has 1 aromatic carbocycles. The molecule has 17 heavy (non-hydrogen) atoms. The monoisotopic (exact) mass is 237 g/mol. The van der Waals surface area contributed by atoms with Gasteiger partial charge in [0.2, 0.25) is 0 Å². The fourth-order valence-electron chi connectivity index (χ4n) is 1.63. The Hall–Kier alpha value is -1.62. The molecule has 0 aliphatic rings. The maximum atomic E-state index is 10.8. The molecular formula is C12H19N3O2. The molecule has 0 aliphatic heterocycles. The molecule has 0 fully saturated rings. The van der Waals surface area contributed by atoms with Gasteiger partial charge in [0.05, 0.1) is 4.92 Å². The zero-order chi connectivity index (χ0) is 12.8. The van der Waals surface area contributed by atoms with Crippen molar-refractivity contribution in [2.24, 2.45) is 0 Å². The van der Waals surface area contributed by atoms with Gasteiger partial charge in [-0.25, -0.2) is 0 Å². The molecule has 1 N–H and O–H groups in total. The van der Waals surface area contributed by atoms with Gasteiger partial charge in [0.25, 0.3) is 5.69 Å². The highest BCUT2D eigenvalue weighted by Crippen LogP contribution is 2.24. The van der Waals surface area contributed by atoms with Gasteiger partial charge in [-0.15, -0.1) is 0 Å². The van der Waals surface area contributed by atoms with Gasteiger partial charge >= 0.3 is 0 Å². The molecule has 0 heterocycles. The summed E-state index contributed by atoms with van der Waals surface area (Å²) >= 11 is 0. The third-order valence-corrected chi connectivity index (χ3v) is 2.60. The Kier molecular flexibility index (Phi) is 4.90. The molecule has 0 atom stereocenters. The van der Waals surface area contributed by atoms with Crippen LogP contribution in [0.15, 0.2) is 18.2 Å². The standard InChI is InChI=1S/C12H19N3O2/c1-10-11(13-8-5-9-14(2)3)6-4-7-12(10)15(16)17/h4,6-7,13H,5,8-9H2,1-3H3. The van der Waals surface area contributed by atoms with Crippen molar-refractivity contribution in [1.82, 2.24) is 4.90 Å². The largest absolute Gasteiger partial charge is 0.385 e. The first kappa shape index (κ1) is 13.4. The second kappa shape index (κ2) is 6.20. The molecule has 1 aromatic rings. The first-order chi connectivity index (χ1) is 8.02. The number of nitrogens with one attached hydrogen (secondary N) is 1. The lowest BCUT2D eigenvalue weighted by atomic mass is 10.1. The number of hydrogen-bond acceptors (Lipinski definition) is 4. The Bertz CT molecular complexity index is 391. The highest BCUT2D eigenvalue weighted by molar-refractivity contribution is 5.59. The Balaban J connectivity index is 2.59. The number of nitro benzene ring substituents is 1. The Morgan fingerprint density at radius 3 is 2.71 bits per heavy atom. The molecule has 1 rings (SSSR count). The van der Waals surface area contributed by atoms with Crippen LogP contribution in [0.5, 0.6) is 0 Å². The summed E-state index contributed by atoms with van der Waals surface area (Å²) < 4.78 is 0. The van der Waals surface area contributed by atoms with E-state index >= 15 is 0 Å². The zero-order valence-electron chi connectivity index (χ0n) is 10.6. The van der Waals surface area contributed by atoms with Crippen LogP contribution in [0, 0.1) is 17.0 Å². The van der Waals surface area contributed by atoms with Crippen molar-refractivity contribution < 1.29 is 4.92 Å². The molecule has 0 saturated carbocycles. The second-order valence-electron chi connectivity index (χ2n) is 4.29. The van der Waals surface area contributed by atoms with Crippen LogP contribution >= 0.6 is 0 Å². The number of anilines is 1. The van der Waals surface area contributed by atoms with Crippen LogP contribution in [0.3, 0.4) is 0 Å². The fraction of sp³-hybridized carbons (Fsp3) is 0.500. The summed E-state index contributed by atoms with van der Waals surface area (Å²) in [4.78, 5) is 12.5. The van der Waals surface area contributed by atoms with E-state index in [1.165, 1.54) is 6.07 Å². The Labute approximate surface area is 102 Å². The van der Waals surface area contributed by atoms with Crippen molar-refractivity contribution in [2.75, 3.05) is 32.5 Å². The van der Waals surface area contributed by atoms with Gasteiger partial charge in [-0.05, 0) is 40.1 Å². The average molecular weight is 237 g/mol. The van der Waals surface area contributed by atoms with Crippen LogP contribution < -0.4 is 5.32 Å². The minimum Gasteiger partial charge on any atom is -0.385 e. The lowest BCUT2D eigenvalue weighted by Gasteiger charge is -2.12. The van der Waals surface area contributed by atoms with Gasteiger partial charge in [0.15, 0.2) is 0 Å². The van der Waals surface area contributed by atoms with Gasteiger partial charge in [-0.3, -0.25) is 10.1 Å². The molecule has 0 aliphatic carbocycles. The van der Waals surface area contributed by atoms with Crippen molar-refractivity contribution in [3.63, 3.8) is 0 Å². The lowest BCUT2D eigenvalue weighted by Crippen LogP contribution is -2.16. The second-order valence-corrected chi connectivity index (χ2v) is 4.29. The molecule has 0 aromatic heterocycles. The van der Waals surface area contributed by atoms with Gasteiger partial charge in [-0.1, -0.05) is 6.07 Å². The SMILES string of the molecule is Cc1c(NCCCN(C)C)cccc1[N+](=O)[O-]. The lowest BCUT2D eigenvalue weighted by molar-refractivity contribution is -0.385. The Morgan fingerprint density at radius 1 is 1.41 bits per heavy atom. The number of rotatable bonds is 6. The van der Waals surface area contributed by atoms with E-state index in [0.29, 0.717) is 5.56 Å². The van der Waals surface area contributed by atoms with Crippen molar-refractivity contribution in [3.8, 4) is 0 Å². The van der Waals surface area contributed by atoms with E-state index in [4.69, 9.17) is 0 Å². The maximum Gasteiger partial charge on any atom is 0.274 e. The number of nitro groups is 1. The van der Waals surface area contributed by atoms with Gasteiger partial charge in [-0.2, -0.15) is 0 Å². The highest BCUT2D eigenvalue weighted by atomic mass is 16.6. The van der Waals surface area contributed by atoms with Gasteiger partial charge in [0, 0.05) is 23.9 Å². The van der Waals surface area contributed by atoms with E-state index in [9.17, 15) is 10.1 Å². The third kappa shape index (κ3) is 4.03. The third-order valence-electron chi connectivity index (χ3n) is 2.60. The molecule has 5 heteroatoms. The summed E-state index contributed by atoms with van der Waals surface area (Å²) in [6.07, 6.45) is 1.01. The minimum absolute atomic E-state index is 0.169. The van der Waals surface area contributed by atoms with E-state index in [1.807, 2.05) is 20.2 Å². The smallest absolute Gasteiger partial charge is 0.274 e. The summed E-state index contributed by atoms with van der Waals surface area (Å²) in [6.45, 7) is 3.59. The highest BCUT2D eigenvalue weighted by Gasteiger charge is 2.12. The van der Waals surface area contributed by atoms with E-state index in [-0.39, 0.29) is 10.6 Å². The molecule has 5 nitrogen and oxygen atoms in total. The summed E-state index contributed by atoms with van der Waals surface area (Å²) in [5.41, 5.74) is 1.71. The van der Waals surface area contributed by atoms with E-state index in [0.717, 1.165) is 25.2 Å². The first-order valence-corrected chi connectivity index (χ1v) is 5.65. The van der Waals surface area contributed by atoms with Crippen molar-refractivity contribution in [1.29, 1.82) is 0 Å². The predicted molar refractivity (Wildman–Crippen MR) is 69.5 cm³/mol.